The topological polar surface area (TPSA) is 96.0 Å². The van der Waals surface area contributed by atoms with Gasteiger partial charge in [0.2, 0.25) is 10.0 Å². The third-order valence-electron chi connectivity index (χ3n) is 3.33. The Balaban J connectivity index is 2.52. The second-order valence-corrected chi connectivity index (χ2v) is 7.29. The van der Waals surface area contributed by atoms with Crippen LogP contribution in [0.4, 0.5) is 0 Å². The Bertz CT molecular complexity index is 384. The Hall–Kier alpha value is -0.820. The van der Waals surface area contributed by atoms with Gasteiger partial charge >= 0.3 is 0 Å². The second kappa shape index (κ2) is 6.38. The second-order valence-electron chi connectivity index (χ2n) is 5.20. The molecule has 0 unspecified atom stereocenters. The van der Waals surface area contributed by atoms with Gasteiger partial charge in [-0.3, -0.25) is 0 Å². The van der Waals surface area contributed by atoms with Crippen LogP contribution in [-0.2, 0) is 10.0 Å². The molecule has 0 amide bonds. The number of nitrogens with two attached hydrogens (primary N) is 1. The number of hydrogen-bond acceptors (Lipinski definition) is 4. The molecule has 0 aromatic carbocycles. The van der Waals surface area contributed by atoms with E-state index in [0.717, 1.165) is 0 Å². The van der Waals surface area contributed by atoms with E-state index < -0.39 is 10.0 Å². The van der Waals surface area contributed by atoms with E-state index in [2.05, 4.69) is 5.16 Å². The highest BCUT2D eigenvalue weighted by Crippen LogP contribution is 2.20. The standard InChI is InChI=1S/C11H23N3O3S/c1-9(2)5-8-18(16,17)14-6-3-10(4-7-14)11(12)13-15/h9-10,15H,3-8H2,1-2H3,(H2,12,13). The maximum Gasteiger partial charge on any atom is 0.214 e. The summed E-state index contributed by atoms with van der Waals surface area (Å²) in [5.74, 6) is 0.786. The quantitative estimate of drug-likeness (QED) is 0.336. The molecule has 0 radical (unpaired) electrons. The smallest absolute Gasteiger partial charge is 0.214 e. The summed E-state index contributed by atoms with van der Waals surface area (Å²) in [6, 6.07) is 0. The summed E-state index contributed by atoms with van der Waals surface area (Å²) >= 11 is 0. The molecule has 0 aromatic heterocycles. The van der Waals surface area contributed by atoms with Gasteiger partial charge in [-0.25, -0.2) is 12.7 Å². The van der Waals surface area contributed by atoms with E-state index in [0.29, 0.717) is 38.3 Å². The Morgan fingerprint density at radius 2 is 2.00 bits per heavy atom. The Morgan fingerprint density at radius 1 is 1.44 bits per heavy atom. The van der Waals surface area contributed by atoms with E-state index in [4.69, 9.17) is 10.9 Å². The molecule has 0 bridgehead atoms. The van der Waals surface area contributed by atoms with Gasteiger partial charge in [0.25, 0.3) is 0 Å². The SMILES string of the molecule is CC(C)CCS(=O)(=O)N1CCC(C(N)=NO)CC1. The monoisotopic (exact) mass is 277 g/mol. The number of amidine groups is 1. The fourth-order valence-corrected chi connectivity index (χ4v) is 3.82. The van der Waals surface area contributed by atoms with Gasteiger partial charge in [0, 0.05) is 19.0 Å². The van der Waals surface area contributed by atoms with Crippen molar-refractivity contribution >= 4 is 15.9 Å². The Labute approximate surface area is 109 Å². The van der Waals surface area contributed by atoms with Crippen LogP contribution >= 0.6 is 0 Å². The highest BCUT2D eigenvalue weighted by Gasteiger charge is 2.29. The van der Waals surface area contributed by atoms with Crippen molar-refractivity contribution in [3.05, 3.63) is 0 Å². The van der Waals surface area contributed by atoms with Crippen molar-refractivity contribution in [2.24, 2.45) is 22.7 Å². The third kappa shape index (κ3) is 4.13. The lowest BCUT2D eigenvalue weighted by Crippen LogP contribution is -2.42. The summed E-state index contributed by atoms with van der Waals surface area (Å²) in [5.41, 5.74) is 5.53. The minimum absolute atomic E-state index is 0.00783. The molecular weight excluding hydrogens is 254 g/mol. The molecule has 7 heteroatoms. The van der Waals surface area contributed by atoms with Crippen molar-refractivity contribution in [2.75, 3.05) is 18.8 Å². The van der Waals surface area contributed by atoms with Crippen LogP contribution in [0.5, 0.6) is 0 Å². The lowest BCUT2D eigenvalue weighted by atomic mass is 9.97. The van der Waals surface area contributed by atoms with Crippen LogP contribution < -0.4 is 5.73 Å². The molecule has 1 fully saturated rings. The molecule has 1 aliphatic rings. The molecule has 0 spiro atoms. The highest BCUT2D eigenvalue weighted by molar-refractivity contribution is 7.89. The maximum absolute atomic E-state index is 12.1. The average molecular weight is 277 g/mol. The van der Waals surface area contributed by atoms with E-state index >= 15 is 0 Å². The van der Waals surface area contributed by atoms with Gasteiger partial charge in [-0.15, -0.1) is 0 Å². The summed E-state index contributed by atoms with van der Waals surface area (Å²) in [6.45, 7) is 4.95. The van der Waals surface area contributed by atoms with E-state index in [1.807, 2.05) is 13.8 Å². The zero-order valence-electron chi connectivity index (χ0n) is 11.0. The molecule has 3 N–H and O–H groups in total. The molecule has 18 heavy (non-hydrogen) atoms. The van der Waals surface area contributed by atoms with Gasteiger partial charge in [-0.1, -0.05) is 19.0 Å². The fraction of sp³-hybridized carbons (Fsp3) is 0.909. The summed E-state index contributed by atoms with van der Waals surface area (Å²) in [4.78, 5) is 0. The average Bonchev–Trinajstić information content (AvgIpc) is 2.36. The molecule has 1 saturated heterocycles. The first-order chi connectivity index (χ1) is 8.36. The minimum Gasteiger partial charge on any atom is -0.409 e. The lowest BCUT2D eigenvalue weighted by molar-refractivity contribution is 0.290. The van der Waals surface area contributed by atoms with Gasteiger partial charge in [0.05, 0.1) is 5.75 Å². The molecule has 0 saturated carbocycles. The molecule has 1 rings (SSSR count). The first kappa shape index (κ1) is 15.2. The molecule has 0 aliphatic carbocycles. The van der Waals surface area contributed by atoms with Crippen LogP contribution in [0.3, 0.4) is 0 Å². The van der Waals surface area contributed by atoms with Gasteiger partial charge in [-0.2, -0.15) is 0 Å². The van der Waals surface area contributed by atoms with E-state index in [9.17, 15) is 8.42 Å². The molecule has 0 atom stereocenters. The van der Waals surface area contributed by atoms with Crippen molar-refractivity contribution in [3.63, 3.8) is 0 Å². The largest absolute Gasteiger partial charge is 0.409 e. The van der Waals surface area contributed by atoms with Crippen LogP contribution in [0, 0.1) is 11.8 Å². The number of piperidine rings is 1. The molecule has 1 aliphatic heterocycles. The zero-order chi connectivity index (χ0) is 13.8. The van der Waals surface area contributed by atoms with Gasteiger partial charge in [0.15, 0.2) is 0 Å². The number of oxime groups is 1. The Kier molecular flexibility index (Phi) is 5.40. The van der Waals surface area contributed by atoms with Crippen LogP contribution in [0.25, 0.3) is 0 Å². The number of nitrogens with zero attached hydrogens (tertiary/aromatic N) is 2. The van der Waals surface area contributed by atoms with Crippen molar-refractivity contribution < 1.29 is 13.6 Å². The molecular formula is C11H23N3O3S. The van der Waals surface area contributed by atoms with Crippen LogP contribution in [0.1, 0.15) is 33.1 Å². The molecule has 106 valence electrons. The molecule has 0 aromatic rings. The van der Waals surface area contributed by atoms with Gasteiger partial charge in [0.1, 0.15) is 5.84 Å². The highest BCUT2D eigenvalue weighted by atomic mass is 32.2. The predicted molar refractivity (Wildman–Crippen MR) is 70.9 cm³/mol. The van der Waals surface area contributed by atoms with Crippen LogP contribution in [0.2, 0.25) is 0 Å². The maximum atomic E-state index is 12.1. The Morgan fingerprint density at radius 3 is 2.44 bits per heavy atom. The van der Waals surface area contributed by atoms with Crippen LogP contribution in [-0.4, -0.2) is 42.6 Å². The van der Waals surface area contributed by atoms with Gasteiger partial charge in [-0.05, 0) is 25.2 Å². The minimum atomic E-state index is -3.14. The fourth-order valence-electron chi connectivity index (χ4n) is 2.03. The summed E-state index contributed by atoms with van der Waals surface area (Å²) < 4.78 is 25.6. The van der Waals surface area contributed by atoms with E-state index in [1.165, 1.54) is 4.31 Å². The summed E-state index contributed by atoms with van der Waals surface area (Å²) in [5, 5.41) is 11.6. The first-order valence-electron chi connectivity index (χ1n) is 6.32. The van der Waals surface area contributed by atoms with E-state index in [1.54, 1.807) is 0 Å². The zero-order valence-corrected chi connectivity index (χ0v) is 11.9. The molecule has 1 heterocycles. The summed E-state index contributed by atoms with van der Waals surface area (Å²) in [7, 11) is -3.14. The number of rotatable bonds is 5. The summed E-state index contributed by atoms with van der Waals surface area (Å²) in [6.07, 6.45) is 1.93. The normalized spacial score (nSPS) is 20.5. The predicted octanol–water partition coefficient (Wildman–Crippen LogP) is 0.821. The first-order valence-corrected chi connectivity index (χ1v) is 7.93. The van der Waals surface area contributed by atoms with Gasteiger partial charge < -0.3 is 10.9 Å². The molecule has 6 nitrogen and oxygen atoms in total. The van der Waals surface area contributed by atoms with Crippen molar-refractivity contribution in [1.29, 1.82) is 0 Å². The van der Waals surface area contributed by atoms with Crippen LogP contribution in [0.15, 0.2) is 5.16 Å². The number of sulfonamides is 1. The van der Waals surface area contributed by atoms with Crippen molar-refractivity contribution in [1.82, 2.24) is 4.31 Å². The number of hydrogen-bond donors (Lipinski definition) is 2. The van der Waals surface area contributed by atoms with E-state index in [-0.39, 0.29) is 17.5 Å². The lowest BCUT2D eigenvalue weighted by Gasteiger charge is -2.30. The third-order valence-corrected chi connectivity index (χ3v) is 5.24. The van der Waals surface area contributed by atoms with Crippen molar-refractivity contribution in [3.8, 4) is 0 Å². The van der Waals surface area contributed by atoms with Crippen molar-refractivity contribution in [2.45, 2.75) is 33.1 Å².